The maximum atomic E-state index is 11.0. The molecule has 0 saturated heterocycles. The number of aromatic nitrogens is 2. The van der Waals surface area contributed by atoms with Crippen molar-refractivity contribution in [1.29, 1.82) is 0 Å². The van der Waals surface area contributed by atoms with E-state index in [1.165, 1.54) is 11.5 Å². The van der Waals surface area contributed by atoms with Gasteiger partial charge in [-0.3, -0.25) is 0 Å². The molecule has 2 N–H and O–H groups in total. The van der Waals surface area contributed by atoms with Gasteiger partial charge in [0.25, 0.3) is 0 Å². The summed E-state index contributed by atoms with van der Waals surface area (Å²) in [6.07, 6.45) is 1.25. The highest BCUT2D eigenvalue weighted by atomic mass is 32.1. The number of aliphatic carboxylic acids is 1. The van der Waals surface area contributed by atoms with Gasteiger partial charge >= 0.3 is 5.97 Å². The fraction of sp³-hybridized carbons (Fsp3) is 0.667. The van der Waals surface area contributed by atoms with E-state index in [0.29, 0.717) is 11.6 Å². The lowest BCUT2D eigenvalue weighted by atomic mass is 10.00. The van der Waals surface area contributed by atoms with Crippen molar-refractivity contribution in [3.63, 3.8) is 0 Å². The van der Waals surface area contributed by atoms with Gasteiger partial charge in [0.1, 0.15) is 11.4 Å². The predicted octanol–water partition coefficient (Wildman–Crippen LogP) is 1.77. The van der Waals surface area contributed by atoms with Gasteiger partial charge in [-0.05, 0) is 13.3 Å². The maximum Gasteiger partial charge on any atom is 0.329 e. The second-order valence-electron chi connectivity index (χ2n) is 3.49. The van der Waals surface area contributed by atoms with Crippen LogP contribution in [0.5, 0.6) is 0 Å². The molecule has 1 rings (SSSR count). The molecule has 5 nitrogen and oxygen atoms in total. The number of nitrogens with one attached hydrogen (secondary N) is 1. The van der Waals surface area contributed by atoms with Gasteiger partial charge in [0.2, 0.25) is 5.13 Å². The third-order valence-corrected chi connectivity index (χ3v) is 3.01. The molecule has 15 heavy (non-hydrogen) atoms. The second kappa shape index (κ2) is 4.57. The van der Waals surface area contributed by atoms with Crippen LogP contribution in [0.25, 0.3) is 0 Å². The Labute approximate surface area is 92.7 Å². The smallest absolute Gasteiger partial charge is 0.329 e. The Morgan fingerprint density at radius 1 is 1.60 bits per heavy atom. The van der Waals surface area contributed by atoms with Crippen molar-refractivity contribution in [2.75, 3.05) is 5.32 Å². The van der Waals surface area contributed by atoms with Crippen LogP contribution in [0, 0.1) is 0 Å². The van der Waals surface area contributed by atoms with Crippen LogP contribution in [0.15, 0.2) is 0 Å². The molecule has 0 aliphatic heterocycles. The van der Waals surface area contributed by atoms with Crippen LogP contribution < -0.4 is 5.32 Å². The molecule has 1 aromatic heterocycles. The second-order valence-corrected chi connectivity index (χ2v) is 4.24. The minimum absolute atomic E-state index is 0.489. The average molecular weight is 229 g/mol. The highest BCUT2D eigenvalue weighted by Gasteiger charge is 2.31. The number of aryl methyl sites for hydroxylation is 1. The minimum Gasteiger partial charge on any atom is -0.480 e. The molecular weight excluding hydrogens is 214 g/mol. The van der Waals surface area contributed by atoms with Crippen LogP contribution >= 0.6 is 11.5 Å². The van der Waals surface area contributed by atoms with Gasteiger partial charge in [-0.2, -0.15) is 4.37 Å². The Hall–Kier alpha value is -1.17. The lowest BCUT2D eigenvalue weighted by molar-refractivity contribution is -0.141. The molecule has 0 amide bonds. The fourth-order valence-electron chi connectivity index (χ4n) is 0.977. The van der Waals surface area contributed by atoms with E-state index < -0.39 is 11.5 Å². The van der Waals surface area contributed by atoms with Gasteiger partial charge in [0.15, 0.2) is 0 Å². The third kappa shape index (κ3) is 2.65. The summed E-state index contributed by atoms with van der Waals surface area (Å²) < 4.78 is 4.09. The van der Waals surface area contributed by atoms with E-state index in [2.05, 4.69) is 14.7 Å². The van der Waals surface area contributed by atoms with E-state index in [9.17, 15) is 4.79 Å². The van der Waals surface area contributed by atoms with Gasteiger partial charge in [-0.15, -0.1) is 0 Å². The first-order chi connectivity index (χ1) is 7.01. The molecule has 1 aromatic rings. The van der Waals surface area contributed by atoms with Crippen molar-refractivity contribution in [2.24, 2.45) is 0 Å². The number of carbonyl (C=O) groups is 1. The number of carboxylic acid groups (broad SMARTS) is 1. The van der Waals surface area contributed by atoms with Gasteiger partial charge < -0.3 is 10.4 Å². The molecular formula is C9H15N3O2S. The van der Waals surface area contributed by atoms with Crippen LogP contribution in [-0.4, -0.2) is 26.0 Å². The monoisotopic (exact) mass is 229 g/mol. The van der Waals surface area contributed by atoms with E-state index >= 15 is 0 Å². The highest BCUT2D eigenvalue weighted by molar-refractivity contribution is 7.09. The van der Waals surface area contributed by atoms with E-state index in [1.54, 1.807) is 6.92 Å². The molecule has 0 aromatic carbocycles. The Kier molecular flexibility index (Phi) is 3.62. The summed E-state index contributed by atoms with van der Waals surface area (Å²) in [5.74, 6) is -0.135. The molecule has 84 valence electrons. The summed E-state index contributed by atoms with van der Waals surface area (Å²) in [7, 11) is 0. The number of anilines is 1. The van der Waals surface area contributed by atoms with Crippen molar-refractivity contribution in [1.82, 2.24) is 9.36 Å². The van der Waals surface area contributed by atoms with Crippen molar-refractivity contribution >= 4 is 22.6 Å². The number of nitrogens with zero attached hydrogens (tertiary/aromatic N) is 2. The molecule has 0 saturated carbocycles. The van der Waals surface area contributed by atoms with Crippen molar-refractivity contribution in [3.05, 3.63) is 5.82 Å². The molecule has 1 heterocycles. The maximum absolute atomic E-state index is 11.0. The van der Waals surface area contributed by atoms with Crippen LogP contribution in [0.4, 0.5) is 5.13 Å². The zero-order valence-corrected chi connectivity index (χ0v) is 9.89. The largest absolute Gasteiger partial charge is 0.480 e. The fourth-order valence-corrected chi connectivity index (χ4v) is 1.76. The lowest BCUT2D eigenvalue weighted by Gasteiger charge is -2.23. The first-order valence-corrected chi connectivity index (χ1v) is 5.63. The van der Waals surface area contributed by atoms with E-state index in [4.69, 9.17) is 5.11 Å². The molecule has 0 bridgehead atoms. The molecule has 0 aliphatic rings. The zero-order valence-electron chi connectivity index (χ0n) is 9.07. The SMILES string of the molecule is CCc1nsc(NC(C)(CC)C(=O)O)n1. The first-order valence-electron chi connectivity index (χ1n) is 4.86. The number of hydrogen-bond acceptors (Lipinski definition) is 5. The Morgan fingerprint density at radius 2 is 2.27 bits per heavy atom. The first kappa shape index (κ1) is 11.9. The van der Waals surface area contributed by atoms with E-state index in [-0.39, 0.29) is 0 Å². The van der Waals surface area contributed by atoms with Crippen LogP contribution in [0.3, 0.4) is 0 Å². The topological polar surface area (TPSA) is 75.1 Å². The number of hydrogen-bond donors (Lipinski definition) is 2. The predicted molar refractivity (Wildman–Crippen MR) is 59.2 cm³/mol. The molecule has 6 heteroatoms. The van der Waals surface area contributed by atoms with Gasteiger partial charge in [0, 0.05) is 18.0 Å². The van der Waals surface area contributed by atoms with Crippen LogP contribution in [0.1, 0.15) is 33.0 Å². The van der Waals surface area contributed by atoms with Crippen molar-refractivity contribution in [3.8, 4) is 0 Å². The summed E-state index contributed by atoms with van der Waals surface area (Å²) >= 11 is 1.20. The highest BCUT2D eigenvalue weighted by Crippen LogP contribution is 2.20. The molecule has 1 unspecified atom stereocenters. The van der Waals surface area contributed by atoms with Gasteiger partial charge in [-0.25, -0.2) is 9.78 Å². The summed E-state index contributed by atoms with van der Waals surface area (Å²) in [4.78, 5) is 15.2. The van der Waals surface area contributed by atoms with Crippen molar-refractivity contribution < 1.29 is 9.90 Å². The minimum atomic E-state index is -0.968. The van der Waals surface area contributed by atoms with Crippen LogP contribution in [-0.2, 0) is 11.2 Å². The summed E-state index contributed by atoms with van der Waals surface area (Å²) in [5.41, 5.74) is -0.968. The van der Waals surface area contributed by atoms with E-state index in [0.717, 1.165) is 12.2 Å². The Bertz CT molecular complexity index is 353. The molecule has 0 radical (unpaired) electrons. The summed E-state index contributed by atoms with van der Waals surface area (Å²) in [6.45, 7) is 5.42. The summed E-state index contributed by atoms with van der Waals surface area (Å²) in [6, 6.07) is 0. The quantitative estimate of drug-likeness (QED) is 0.804. The third-order valence-electron chi connectivity index (χ3n) is 2.35. The molecule has 0 spiro atoms. The Balaban J connectivity index is 2.79. The van der Waals surface area contributed by atoms with Crippen LogP contribution in [0.2, 0.25) is 0 Å². The molecule has 0 aliphatic carbocycles. The van der Waals surface area contributed by atoms with Gasteiger partial charge in [-0.1, -0.05) is 13.8 Å². The number of carboxylic acids is 1. The average Bonchev–Trinajstić information content (AvgIpc) is 2.65. The Morgan fingerprint density at radius 3 is 2.67 bits per heavy atom. The molecule has 0 fully saturated rings. The zero-order chi connectivity index (χ0) is 11.5. The normalized spacial score (nSPS) is 14.6. The summed E-state index contributed by atoms with van der Waals surface area (Å²) in [5, 5.41) is 12.5. The van der Waals surface area contributed by atoms with E-state index in [1.807, 2.05) is 13.8 Å². The standard InChI is InChI=1S/C9H15N3O2S/c1-4-6-10-8(15-12-6)11-9(3,5-2)7(13)14/h4-5H2,1-3H3,(H,13,14)(H,10,11,12). The van der Waals surface area contributed by atoms with Crippen molar-refractivity contribution in [2.45, 2.75) is 39.2 Å². The number of rotatable bonds is 5. The van der Waals surface area contributed by atoms with Gasteiger partial charge in [0.05, 0.1) is 0 Å². The molecule has 1 atom stereocenters. The lowest BCUT2D eigenvalue weighted by Crippen LogP contribution is -2.42.